The Balaban J connectivity index is 1.87. The Bertz CT molecular complexity index is 469. The van der Waals surface area contributed by atoms with Gasteiger partial charge in [0.05, 0.1) is 12.2 Å². The van der Waals surface area contributed by atoms with Crippen molar-refractivity contribution < 1.29 is 0 Å². The highest BCUT2D eigenvalue weighted by atomic mass is 15.3. The fraction of sp³-hybridized carbons (Fsp3) is 0.500. The van der Waals surface area contributed by atoms with Gasteiger partial charge >= 0.3 is 0 Å². The van der Waals surface area contributed by atoms with Crippen molar-refractivity contribution in [2.45, 2.75) is 38.6 Å². The molecular weight excluding hydrogens is 200 g/mol. The Hall–Kier alpha value is -1.58. The van der Waals surface area contributed by atoms with Gasteiger partial charge in [-0.3, -0.25) is 4.68 Å². The molecule has 0 saturated carbocycles. The van der Waals surface area contributed by atoms with Gasteiger partial charge in [0, 0.05) is 24.0 Å². The number of fused-ring (bicyclic) bond motifs is 1. The van der Waals surface area contributed by atoms with Crippen LogP contribution in [0.25, 0.3) is 0 Å². The van der Waals surface area contributed by atoms with E-state index in [1.807, 2.05) is 16.9 Å². The molecule has 4 nitrogen and oxygen atoms in total. The van der Waals surface area contributed by atoms with Crippen molar-refractivity contribution in [1.82, 2.24) is 19.7 Å². The zero-order valence-corrected chi connectivity index (χ0v) is 9.48. The van der Waals surface area contributed by atoms with Crippen LogP contribution in [0.3, 0.4) is 0 Å². The molecule has 1 aliphatic carbocycles. The van der Waals surface area contributed by atoms with E-state index < -0.39 is 0 Å². The van der Waals surface area contributed by atoms with E-state index in [-0.39, 0.29) is 0 Å². The first-order valence-corrected chi connectivity index (χ1v) is 5.88. The number of hydrogen-bond donors (Lipinski definition) is 1. The Morgan fingerprint density at radius 1 is 1.56 bits per heavy atom. The fourth-order valence-electron chi connectivity index (χ4n) is 2.42. The van der Waals surface area contributed by atoms with Gasteiger partial charge in [0.1, 0.15) is 5.82 Å². The maximum atomic E-state index is 4.69. The summed E-state index contributed by atoms with van der Waals surface area (Å²) < 4.78 is 1.90. The van der Waals surface area contributed by atoms with Crippen LogP contribution in [-0.2, 0) is 13.0 Å². The number of nitrogens with zero attached hydrogens (tertiary/aromatic N) is 3. The van der Waals surface area contributed by atoms with E-state index in [2.05, 4.69) is 17.0 Å². The zero-order chi connectivity index (χ0) is 11.0. The van der Waals surface area contributed by atoms with Gasteiger partial charge in [-0.05, 0) is 25.3 Å². The van der Waals surface area contributed by atoms with E-state index >= 15 is 0 Å². The third-order valence-electron chi connectivity index (χ3n) is 3.26. The van der Waals surface area contributed by atoms with Crippen LogP contribution in [0.1, 0.15) is 42.9 Å². The minimum atomic E-state index is 0.603. The highest BCUT2D eigenvalue weighted by Gasteiger charge is 2.20. The Morgan fingerprint density at radius 3 is 3.25 bits per heavy atom. The molecule has 1 unspecified atom stereocenters. The quantitative estimate of drug-likeness (QED) is 0.835. The first-order chi connectivity index (χ1) is 7.83. The third kappa shape index (κ3) is 1.64. The number of nitrogens with one attached hydrogen (secondary N) is 1. The topological polar surface area (TPSA) is 46.5 Å². The molecular formula is C12H16N4. The summed E-state index contributed by atoms with van der Waals surface area (Å²) in [5, 5.41) is 4.19. The molecule has 84 valence electrons. The molecule has 0 saturated heterocycles. The number of aromatic nitrogens is 4. The van der Waals surface area contributed by atoms with Crippen molar-refractivity contribution in [3.63, 3.8) is 0 Å². The Morgan fingerprint density at radius 2 is 2.50 bits per heavy atom. The summed E-state index contributed by atoms with van der Waals surface area (Å²) in [6.45, 7) is 3.00. The van der Waals surface area contributed by atoms with Crippen molar-refractivity contribution >= 4 is 0 Å². The van der Waals surface area contributed by atoms with Crippen LogP contribution >= 0.6 is 0 Å². The molecule has 1 N–H and O–H groups in total. The second kappa shape index (κ2) is 3.77. The van der Waals surface area contributed by atoms with Crippen molar-refractivity contribution in [2.75, 3.05) is 0 Å². The summed E-state index contributed by atoms with van der Waals surface area (Å²) in [6.07, 6.45) is 7.44. The van der Waals surface area contributed by atoms with Crippen LogP contribution in [0.2, 0.25) is 0 Å². The number of H-pyrrole nitrogens is 1. The van der Waals surface area contributed by atoms with Crippen LogP contribution in [0.5, 0.6) is 0 Å². The van der Waals surface area contributed by atoms with Gasteiger partial charge in [-0.2, -0.15) is 5.10 Å². The molecule has 0 aliphatic heterocycles. The monoisotopic (exact) mass is 216 g/mol. The Labute approximate surface area is 94.7 Å². The summed E-state index contributed by atoms with van der Waals surface area (Å²) in [6, 6.07) is 1.94. The summed E-state index contributed by atoms with van der Waals surface area (Å²) in [5.74, 6) is 1.63. The number of hydrogen-bond acceptors (Lipinski definition) is 2. The SMILES string of the molecule is CC1CCCc2[nH]c(Cn3cccn3)nc21. The molecule has 1 aliphatic rings. The average Bonchev–Trinajstić information content (AvgIpc) is 2.88. The summed E-state index contributed by atoms with van der Waals surface area (Å²) in [7, 11) is 0. The fourth-order valence-corrected chi connectivity index (χ4v) is 2.42. The van der Waals surface area contributed by atoms with Crippen molar-refractivity contribution in [3.8, 4) is 0 Å². The lowest BCUT2D eigenvalue weighted by atomic mass is 9.92. The smallest absolute Gasteiger partial charge is 0.128 e. The van der Waals surface area contributed by atoms with E-state index in [9.17, 15) is 0 Å². The zero-order valence-electron chi connectivity index (χ0n) is 9.48. The minimum absolute atomic E-state index is 0.603. The summed E-state index contributed by atoms with van der Waals surface area (Å²) >= 11 is 0. The molecule has 2 heterocycles. The lowest BCUT2D eigenvalue weighted by Gasteiger charge is -2.15. The maximum absolute atomic E-state index is 4.69. The van der Waals surface area contributed by atoms with E-state index in [0.29, 0.717) is 5.92 Å². The molecule has 4 heteroatoms. The molecule has 0 amide bonds. The van der Waals surface area contributed by atoms with Gasteiger partial charge in [-0.25, -0.2) is 4.98 Å². The molecule has 0 fully saturated rings. The van der Waals surface area contributed by atoms with E-state index in [0.717, 1.165) is 18.8 Å². The van der Waals surface area contributed by atoms with Crippen molar-refractivity contribution in [3.05, 3.63) is 35.7 Å². The van der Waals surface area contributed by atoms with E-state index in [1.54, 1.807) is 6.20 Å². The normalized spacial score (nSPS) is 19.7. The van der Waals surface area contributed by atoms with Crippen LogP contribution in [0, 0.1) is 0 Å². The standard InChI is InChI=1S/C12H16N4/c1-9-4-2-5-10-12(9)15-11(14-10)8-16-7-3-6-13-16/h3,6-7,9H,2,4-5,8H2,1H3,(H,14,15). The highest BCUT2D eigenvalue weighted by molar-refractivity contribution is 5.21. The first-order valence-electron chi connectivity index (χ1n) is 5.88. The van der Waals surface area contributed by atoms with Gasteiger partial charge in [0.25, 0.3) is 0 Å². The maximum Gasteiger partial charge on any atom is 0.128 e. The van der Waals surface area contributed by atoms with Gasteiger partial charge in [-0.15, -0.1) is 0 Å². The van der Waals surface area contributed by atoms with Crippen LogP contribution in [0.4, 0.5) is 0 Å². The molecule has 3 rings (SSSR count). The van der Waals surface area contributed by atoms with Gasteiger partial charge < -0.3 is 4.98 Å². The second-order valence-corrected chi connectivity index (χ2v) is 4.54. The highest BCUT2D eigenvalue weighted by Crippen LogP contribution is 2.29. The number of imidazole rings is 1. The molecule has 0 bridgehead atoms. The largest absolute Gasteiger partial charge is 0.344 e. The molecule has 16 heavy (non-hydrogen) atoms. The van der Waals surface area contributed by atoms with Gasteiger partial charge in [-0.1, -0.05) is 6.92 Å². The number of aryl methyl sites for hydroxylation is 1. The van der Waals surface area contributed by atoms with E-state index in [4.69, 9.17) is 4.98 Å². The minimum Gasteiger partial charge on any atom is -0.344 e. The van der Waals surface area contributed by atoms with Crippen LogP contribution < -0.4 is 0 Å². The summed E-state index contributed by atoms with van der Waals surface area (Å²) in [5.41, 5.74) is 2.61. The average molecular weight is 216 g/mol. The molecule has 1 atom stereocenters. The first kappa shape index (κ1) is 9.63. The second-order valence-electron chi connectivity index (χ2n) is 4.54. The molecule has 0 spiro atoms. The molecule has 0 radical (unpaired) electrons. The predicted molar refractivity (Wildman–Crippen MR) is 61.3 cm³/mol. The van der Waals surface area contributed by atoms with Crippen molar-refractivity contribution in [2.24, 2.45) is 0 Å². The predicted octanol–water partition coefficient (Wildman–Crippen LogP) is 2.09. The van der Waals surface area contributed by atoms with Crippen LogP contribution in [-0.4, -0.2) is 19.7 Å². The van der Waals surface area contributed by atoms with Gasteiger partial charge in [0.2, 0.25) is 0 Å². The lowest BCUT2D eigenvalue weighted by molar-refractivity contribution is 0.574. The van der Waals surface area contributed by atoms with Crippen LogP contribution in [0.15, 0.2) is 18.5 Å². The molecule has 2 aromatic heterocycles. The van der Waals surface area contributed by atoms with Gasteiger partial charge in [0.15, 0.2) is 0 Å². The number of aromatic amines is 1. The molecule has 0 aromatic carbocycles. The van der Waals surface area contributed by atoms with Crippen molar-refractivity contribution in [1.29, 1.82) is 0 Å². The van der Waals surface area contributed by atoms with E-state index in [1.165, 1.54) is 24.2 Å². The number of rotatable bonds is 2. The summed E-state index contributed by atoms with van der Waals surface area (Å²) in [4.78, 5) is 8.12. The molecule has 2 aromatic rings. The lowest BCUT2D eigenvalue weighted by Crippen LogP contribution is -2.05. The Kier molecular flexibility index (Phi) is 2.27. The third-order valence-corrected chi connectivity index (χ3v) is 3.26.